The molecule has 70 heavy (non-hydrogen) atoms. The van der Waals surface area contributed by atoms with Crippen molar-refractivity contribution in [2.24, 2.45) is 0 Å². The van der Waals surface area contributed by atoms with Crippen molar-refractivity contribution < 1.29 is 23.8 Å². The lowest BCUT2D eigenvalue weighted by molar-refractivity contribution is -0.163. The molecule has 0 aliphatic rings. The first-order valence-corrected chi connectivity index (χ1v) is 30.1. The normalized spacial score (nSPS) is 12.8. The zero-order chi connectivity index (χ0) is 50.6. The van der Waals surface area contributed by atoms with Crippen LogP contribution in [0.25, 0.3) is 0 Å². The molecule has 1 atom stereocenters. The molecule has 0 spiro atoms. The molecule has 0 aromatic carbocycles. The Morgan fingerprint density at radius 3 is 1.07 bits per heavy atom. The molecule has 0 fully saturated rings. The van der Waals surface area contributed by atoms with Crippen LogP contribution in [0, 0.1) is 0 Å². The average molecular weight is 976 g/mol. The van der Waals surface area contributed by atoms with Gasteiger partial charge in [-0.1, -0.05) is 247 Å². The summed E-state index contributed by atoms with van der Waals surface area (Å²) >= 11 is 0. The Labute approximate surface area is 435 Å². The molecule has 0 aliphatic carbocycles. The van der Waals surface area contributed by atoms with Crippen molar-refractivity contribution >= 4 is 11.9 Å². The number of rotatable bonds is 55. The lowest BCUT2D eigenvalue weighted by Crippen LogP contribution is -2.30. The van der Waals surface area contributed by atoms with E-state index in [4.69, 9.17) is 14.2 Å². The molecule has 0 saturated heterocycles. The fourth-order valence-corrected chi connectivity index (χ4v) is 8.41. The summed E-state index contributed by atoms with van der Waals surface area (Å²) in [5, 5.41) is 0. The minimum Gasteiger partial charge on any atom is -0.462 e. The van der Waals surface area contributed by atoms with Gasteiger partial charge in [-0.3, -0.25) is 9.59 Å². The van der Waals surface area contributed by atoms with Crippen LogP contribution in [-0.2, 0) is 23.8 Å². The van der Waals surface area contributed by atoms with Gasteiger partial charge in [0.1, 0.15) is 6.61 Å². The maximum Gasteiger partial charge on any atom is 0.306 e. The first-order chi connectivity index (χ1) is 34.6. The minimum atomic E-state index is -0.556. The van der Waals surface area contributed by atoms with Gasteiger partial charge in [-0.15, -0.1) is 0 Å². The predicted octanol–water partition coefficient (Wildman–Crippen LogP) is 20.8. The van der Waals surface area contributed by atoms with E-state index in [2.05, 4.69) is 106 Å². The third-order valence-corrected chi connectivity index (χ3v) is 12.9. The van der Waals surface area contributed by atoms with Crippen molar-refractivity contribution in [2.75, 3.05) is 19.8 Å². The van der Waals surface area contributed by atoms with Gasteiger partial charge in [-0.05, 0) is 116 Å². The Kier molecular flexibility index (Phi) is 57.9. The number of carbonyl (C=O) groups is 2. The SMILES string of the molecule is CC/C=C\C/C=C\C/C=C\C/C=C\CCCCCCCOCC(COC(=O)CCCCCCCCCCC/C=C\CCCCCCCC)OC(=O)CCCCCCCCC/C=C\C/C=C\CCCCC. The fraction of sp³-hybridized carbons (Fsp3) is 0.754. The molecule has 0 bridgehead atoms. The van der Waals surface area contributed by atoms with Crippen molar-refractivity contribution in [3.63, 3.8) is 0 Å². The number of hydrogen-bond acceptors (Lipinski definition) is 5. The van der Waals surface area contributed by atoms with Gasteiger partial charge in [0.25, 0.3) is 0 Å². The Bertz CT molecular complexity index is 1290. The van der Waals surface area contributed by atoms with Crippen LogP contribution >= 0.6 is 0 Å². The summed E-state index contributed by atoms with van der Waals surface area (Å²) in [5.74, 6) is -0.412. The Hall–Kier alpha value is -2.92. The third kappa shape index (κ3) is 57.7. The standard InChI is InChI=1S/C65H114O5/c1-4-7-10-13-16-19-22-25-28-31-33-35-37-40-43-46-49-52-55-58-64(66)69-62-63(61-68-60-57-54-51-48-45-42-39-36-32-29-26-23-20-17-14-11-8-5-2)70-65(67)59-56-53-50-47-44-41-38-34-30-27-24-21-18-15-12-9-6-3/h8,11,17-18,20-21,25-30,36,39,63H,4-7,9-10,12-16,19,22-24,31-35,37-38,40-62H2,1-3H3/b11-8-,20-17-,21-18-,28-25-,29-26-,30-27-,39-36-. The van der Waals surface area contributed by atoms with E-state index in [0.29, 0.717) is 19.4 Å². The second-order valence-corrected chi connectivity index (χ2v) is 19.9. The fourth-order valence-electron chi connectivity index (χ4n) is 8.41. The summed E-state index contributed by atoms with van der Waals surface area (Å²) in [4.78, 5) is 25.6. The lowest BCUT2D eigenvalue weighted by atomic mass is 10.1. The van der Waals surface area contributed by atoms with Crippen LogP contribution in [0.2, 0.25) is 0 Å². The molecule has 0 heterocycles. The minimum absolute atomic E-state index is 0.0712. The van der Waals surface area contributed by atoms with Gasteiger partial charge in [-0.25, -0.2) is 0 Å². The molecule has 0 radical (unpaired) electrons. The molecule has 0 aromatic heterocycles. The maximum atomic E-state index is 12.9. The van der Waals surface area contributed by atoms with Gasteiger partial charge in [-0.2, -0.15) is 0 Å². The highest BCUT2D eigenvalue weighted by molar-refractivity contribution is 5.70. The molecular formula is C65H114O5. The molecular weight excluding hydrogens is 861 g/mol. The zero-order valence-corrected chi connectivity index (χ0v) is 46.5. The molecule has 5 heteroatoms. The van der Waals surface area contributed by atoms with E-state index >= 15 is 0 Å². The topological polar surface area (TPSA) is 61.8 Å². The van der Waals surface area contributed by atoms with Crippen molar-refractivity contribution in [1.82, 2.24) is 0 Å². The molecule has 0 saturated carbocycles. The molecule has 5 nitrogen and oxygen atoms in total. The van der Waals surface area contributed by atoms with Gasteiger partial charge < -0.3 is 14.2 Å². The van der Waals surface area contributed by atoms with Crippen LogP contribution in [0.3, 0.4) is 0 Å². The Morgan fingerprint density at radius 1 is 0.329 bits per heavy atom. The van der Waals surface area contributed by atoms with Gasteiger partial charge >= 0.3 is 11.9 Å². The van der Waals surface area contributed by atoms with Crippen molar-refractivity contribution in [1.29, 1.82) is 0 Å². The van der Waals surface area contributed by atoms with E-state index in [9.17, 15) is 9.59 Å². The van der Waals surface area contributed by atoms with Crippen molar-refractivity contribution in [3.05, 3.63) is 85.1 Å². The first-order valence-electron chi connectivity index (χ1n) is 30.1. The van der Waals surface area contributed by atoms with E-state index in [-0.39, 0.29) is 25.2 Å². The zero-order valence-electron chi connectivity index (χ0n) is 46.5. The van der Waals surface area contributed by atoms with E-state index < -0.39 is 6.10 Å². The van der Waals surface area contributed by atoms with Gasteiger partial charge in [0, 0.05) is 19.4 Å². The molecule has 0 amide bonds. The predicted molar refractivity (Wildman–Crippen MR) is 307 cm³/mol. The maximum absolute atomic E-state index is 12.9. The molecule has 0 N–H and O–H groups in total. The quantitative estimate of drug-likeness (QED) is 0.0345. The van der Waals surface area contributed by atoms with Crippen LogP contribution in [-0.4, -0.2) is 37.9 Å². The number of carbonyl (C=O) groups excluding carboxylic acids is 2. The second-order valence-electron chi connectivity index (χ2n) is 19.9. The van der Waals surface area contributed by atoms with E-state index in [1.807, 2.05) is 0 Å². The van der Waals surface area contributed by atoms with Crippen molar-refractivity contribution in [3.8, 4) is 0 Å². The van der Waals surface area contributed by atoms with Gasteiger partial charge in [0.15, 0.2) is 6.10 Å². The second kappa shape index (κ2) is 60.4. The average Bonchev–Trinajstić information content (AvgIpc) is 3.36. The number of esters is 2. The van der Waals surface area contributed by atoms with Gasteiger partial charge in [0.05, 0.1) is 6.61 Å². The molecule has 0 aliphatic heterocycles. The third-order valence-electron chi connectivity index (χ3n) is 12.9. The largest absolute Gasteiger partial charge is 0.462 e. The summed E-state index contributed by atoms with van der Waals surface area (Å²) < 4.78 is 17.5. The number of allylic oxidation sites excluding steroid dienone is 14. The van der Waals surface area contributed by atoms with Crippen LogP contribution in [0.15, 0.2) is 85.1 Å². The Morgan fingerprint density at radius 2 is 0.643 bits per heavy atom. The first kappa shape index (κ1) is 67.1. The molecule has 1 unspecified atom stereocenters. The molecule has 0 rings (SSSR count). The van der Waals surface area contributed by atoms with Gasteiger partial charge in [0.2, 0.25) is 0 Å². The summed E-state index contributed by atoms with van der Waals surface area (Å²) in [7, 11) is 0. The van der Waals surface area contributed by atoms with Crippen LogP contribution in [0.1, 0.15) is 290 Å². The van der Waals surface area contributed by atoms with Crippen LogP contribution in [0.4, 0.5) is 0 Å². The van der Waals surface area contributed by atoms with Crippen molar-refractivity contribution in [2.45, 2.75) is 297 Å². The lowest BCUT2D eigenvalue weighted by Gasteiger charge is -2.18. The smallest absolute Gasteiger partial charge is 0.306 e. The highest BCUT2D eigenvalue weighted by atomic mass is 16.6. The summed E-state index contributed by atoms with van der Waals surface area (Å²) in [5.41, 5.74) is 0. The van der Waals surface area contributed by atoms with Crippen LogP contribution in [0.5, 0.6) is 0 Å². The van der Waals surface area contributed by atoms with Crippen LogP contribution < -0.4 is 0 Å². The summed E-state index contributed by atoms with van der Waals surface area (Å²) in [6.45, 7) is 7.67. The number of unbranched alkanes of at least 4 members (excludes halogenated alkanes) is 30. The highest BCUT2D eigenvalue weighted by Crippen LogP contribution is 2.15. The number of ether oxygens (including phenoxy) is 3. The molecule has 0 aromatic rings. The monoisotopic (exact) mass is 975 g/mol. The summed E-state index contributed by atoms with van der Waals surface area (Å²) in [6.07, 6.45) is 80.3. The van der Waals surface area contributed by atoms with E-state index in [0.717, 1.165) is 83.5 Å². The summed E-state index contributed by atoms with van der Waals surface area (Å²) in [6, 6.07) is 0. The number of hydrogen-bond donors (Lipinski definition) is 0. The highest BCUT2D eigenvalue weighted by Gasteiger charge is 2.17. The van der Waals surface area contributed by atoms with E-state index in [1.165, 1.54) is 173 Å². The Balaban J connectivity index is 4.32. The van der Waals surface area contributed by atoms with E-state index in [1.54, 1.807) is 0 Å². The molecule has 404 valence electrons.